The summed E-state index contributed by atoms with van der Waals surface area (Å²) in [6, 6.07) is 2.92. The zero-order valence-electron chi connectivity index (χ0n) is 10.3. The van der Waals surface area contributed by atoms with E-state index < -0.39 is 5.41 Å². The van der Waals surface area contributed by atoms with Gasteiger partial charge in [-0.15, -0.1) is 0 Å². The lowest BCUT2D eigenvalue weighted by Gasteiger charge is -2.23. The lowest BCUT2D eigenvalue weighted by molar-refractivity contribution is -0.125. The van der Waals surface area contributed by atoms with Crippen molar-refractivity contribution in [2.45, 2.75) is 26.8 Å². The Morgan fingerprint density at radius 1 is 1.59 bits per heavy atom. The SMILES string of the molecule is CC(NCC(C)(C)C(N)=O)c1ccc(F)cn1. The Morgan fingerprint density at radius 3 is 2.71 bits per heavy atom. The molecule has 1 amide bonds. The zero-order valence-corrected chi connectivity index (χ0v) is 10.3. The summed E-state index contributed by atoms with van der Waals surface area (Å²) in [5, 5.41) is 3.15. The molecular weight excluding hydrogens is 221 g/mol. The second kappa shape index (κ2) is 5.23. The van der Waals surface area contributed by atoms with Crippen LogP contribution in [0.2, 0.25) is 0 Å². The third kappa shape index (κ3) is 3.78. The molecule has 0 fully saturated rings. The minimum atomic E-state index is -0.617. The molecule has 0 aliphatic carbocycles. The standard InChI is InChI=1S/C12H18FN3O/c1-8(10-5-4-9(13)6-15-10)16-7-12(2,3)11(14)17/h4-6,8,16H,7H2,1-3H3,(H2,14,17). The summed E-state index contributed by atoms with van der Waals surface area (Å²) in [6.45, 7) is 5.89. The van der Waals surface area contributed by atoms with E-state index in [1.165, 1.54) is 12.3 Å². The molecule has 0 saturated heterocycles. The monoisotopic (exact) mass is 239 g/mol. The number of primary amides is 1. The third-order valence-electron chi connectivity index (χ3n) is 2.71. The van der Waals surface area contributed by atoms with Gasteiger partial charge in [0, 0.05) is 12.6 Å². The first-order chi connectivity index (χ1) is 7.83. The van der Waals surface area contributed by atoms with Gasteiger partial charge >= 0.3 is 0 Å². The summed E-state index contributed by atoms with van der Waals surface area (Å²) < 4.78 is 12.7. The number of nitrogens with two attached hydrogens (primary N) is 1. The molecule has 1 atom stereocenters. The van der Waals surface area contributed by atoms with Gasteiger partial charge in [-0.3, -0.25) is 9.78 Å². The average molecular weight is 239 g/mol. The molecule has 0 radical (unpaired) electrons. The Kier molecular flexibility index (Phi) is 4.17. The van der Waals surface area contributed by atoms with Crippen LogP contribution in [0.15, 0.2) is 18.3 Å². The van der Waals surface area contributed by atoms with Gasteiger partial charge < -0.3 is 11.1 Å². The van der Waals surface area contributed by atoms with Crippen LogP contribution < -0.4 is 11.1 Å². The van der Waals surface area contributed by atoms with Gasteiger partial charge in [-0.1, -0.05) is 0 Å². The van der Waals surface area contributed by atoms with Crippen molar-refractivity contribution in [3.63, 3.8) is 0 Å². The van der Waals surface area contributed by atoms with Crippen LogP contribution in [-0.4, -0.2) is 17.4 Å². The zero-order chi connectivity index (χ0) is 13.1. The molecule has 4 nitrogen and oxygen atoms in total. The van der Waals surface area contributed by atoms with Crippen molar-refractivity contribution in [3.05, 3.63) is 29.8 Å². The number of rotatable bonds is 5. The maximum atomic E-state index is 12.7. The molecular formula is C12H18FN3O. The molecule has 1 aromatic heterocycles. The molecule has 0 aromatic carbocycles. The van der Waals surface area contributed by atoms with Crippen molar-refractivity contribution in [2.24, 2.45) is 11.1 Å². The number of nitrogens with zero attached hydrogens (tertiary/aromatic N) is 1. The second-order valence-corrected chi connectivity index (χ2v) is 4.75. The Bertz CT molecular complexity index is 389. The van der Waals surface area contributed by atoms with E-state index >= 15 is 0 Å². The first kappa shape index (κ1) is 13.6. The van der Waals surface area contributed by atoms with E-state index in [9.17, 15) is 9.18 Å². The minimum Gasteiger partial charge on any atom is -0.369 e. The van der Waals surface area contributed by atoms with E-state index in [-0.39, 0.29) is 17.8 Å². The highest BCUT2D eigenvalue weighted by atomic mass is 19.1. The Morgan fingerprint density at radius 2 is 2.24 bits per heavy atom. The van der Waals surface area contributed by atoms with Crippen LogP contribution in [0, 0.1) is 11.2 Å². The van der Waals surface area contributed by atoms with Crippen molar-refractivity contribution >= 4 is 5.91 Å². The number of aromatic nitrogens is 1. The van der Waals surface area contributed by atoms with Crippen molar-refractivity contribution < 1.29 is 9.18 Å². The van der Waals surface area contributed by atoms with Gasteiger partial charge in [0.2, 0.25) is 5.91 Å². The van der Waals surface area contributed by atoms with Crippen LogP contribution in [0.25, 0.3) is 0 Å². The van der Waals surface area contributed by atoms with Gasteiger partial charge in [0.25, 0.3) is 0 Å². The highest BCUT2D eigenvalue weighted by Crippen LogP contribution is 2.15. The van der Waals surface area contributed by atoms with Crippen molar-refractivity contribution in [2.75, 3.05) is 6.54 Å². The van der Waals surface area contributed by atoms with Crippen molar-refractivity contribution in [1.29, 1.82) is 0 Å². The van der Waals surface area contributed by atoms with E-state index in [1.54, 1.807) is 19.9 Å². The maximum absolute atomic E-state index is 12.7. The fraction of sp³-hybridized carbons (Fsp3) is 0.500. The molecule has 5 heteroatoms. The molecule has 3 N–H and O–H groups in total. The molecule has 1 heterocycles. The highest BCUT2D eigenvalue weighted by molar-refractivity contribution is 5.80. The smallest absolute Gasteiger partial charge is 0.224 e. The molecule has 1 aromatic rings. The topological polar surface area (TPSA) is 68.0 Å². The van der Waals surface area contributed by atoms with E-state index in [2.05, 4.69) is 10.3 Å². The normalized spacial score (nSPS) is 13.4. The van der Waals surface area contributed by atoms with Gasteiger partial charge in [0.1, 0.15) is 5.82 Å². The second-order valence-electron chi connectivity index (χ2n) is 4.75. The number of amides is 1. The van der Waals surface area contributed by atoms with Crippen molar-refractivity contribution in [3.8, 4) is 0 Å². The number of nitrogens with one attached hydrogen (secondary N) is 1. The van der Waals surface area contributed by atoms with E-state index in [0.717, 1.165) is 5.69 Å². The predicted molar refractivity (Wildman–Crippen MR) is 63.6 cm³/mol. The summed E-state index contributed by atoms with van der Waals surface area (Å²) in [4.78, 5) is 15.1. The third-order valence-corrected chi connectivity index (χ3v) is 2.71. The number of pyridine rings is 1. The quantitative estimate of drug-likeness (QED) is 0.815. The van der Waals surface area contributed by atoms with Crippen LogP contribution in [0.3, 0.4) is 0 Å². The van der Waals surface area contributed by atoms with Crippen LogP contribution in [-0.2, 0) is 4.79 Å². The fourth-order valence-corrected chi connectivity index (χ4v) is 1.24. The highest BCUT2D eigenvalue weighted by Gasteiger charge is 2.25. The predicted octanol–water partition coefficient (Wildman–Crippen LogP) is 1.38. The van der Waals surface area contributed by atoms with Gasteiger partial charge in [-0.2, -0.15) is 0 Å². The summed E-state index contributed by atoms with van der Waals surface area (Å²) in [6.07, 6.45) is 1.17. The van der Waals surface area contributed by atoms with E-state index in [1.807, 2.05) is 6.92 Å². The van der Waals surface area contributed by atoms with Crippen LogP contribution in [0.5, 0.6) is 0 Å². The molecule has 0 saturated carbocycles. The van der Waals surface area contributed by atoms with Crippen LogP contribution >= 0.6 is 0 Å². The van der Waals surface area contributed by atoms with Gasteiger partial charge in [-0.05, 0) is 32.9 Å². The molecule has 1 rings (SSSR count). The summed E-state index contributed by atoms with van der Waals surface area (Å²) in [5.74, 6) is -0.720. The lowest BCUT2D eigenvalue weighted by Crippen LogP contribution is -2.41. The number of carbonyl (C=O) groups excluding carboxylic acids is 1. The summed E-state index contributed by atoms with van der Waals surface area (Å²) in [5.41, 5.74) is 5.38. The molecule has 0 spiro atoms. The maximum Gasteiger partial charge on any atom is 0.224 e. The summed E-state index contributed by atoms with van der Waals surface area (Å²) in [7, 11) is 0. The van der Waals surface area contributed by atoms with Crippen LogP contribution in [0.4, 0.5) is 4.39 Å². The van der Waals surface area contributed by atoms with Crippen molar-refractivity contribution in [1.82, 2.24) is 10.3 Å². The van der Waals surface area contributed by atoms with Gasteiger partial charge in [0.05, 0.1) is 17.3 Å². The molecule has 94 valence electrons. The Labute approximate surface area is 100 Å². The molecule has 0 bridgehead atoms. The molecule has 1 unspecified atom stereocenters. The van der Waals surface area contributed by atoms with Gasteiger partial charge in [-0.25, -0.2) is 4.39 Å². The lowest BCUT2D eigenvalue weighted by atomic mass is 9.92. The fourth-order valence-electron chi connectivity index (χ4n) is 1.24. The molecule has 17 heavy (non-hydrogen) atoms. The number of halogens is 1. The first-order valence-electron chi connectivity index (χ1n) is 5.47. The van der Waals surface area contributed by atoms with Crippen LogP contribution in [0.1, 0.15) is 32.5 Å². The molecule has 0 aliphatic heterocycles. The van der Waals surface area contributed by atoms with E-state index in [4.69, 9.17) is 5.73 Å². The van der Waals surface area contributed by atoms with Gasteiger partial charge in [0.15, 0.2) is 0 Å². The Hall–Kier alpha value is -1.49. The summed E-state index contributed by atoms with van der Waals surface area (Å²) >= 11 is 0. The number of hydrogen-bond acceptors (Lipinski definition) is 3. The number of hydrogen-bond donors (Lipinski definition) is 2. The largest absolute Gasteiger partial charge is 0.369 e. The minimum absolute atomic E-state index is 0.0609. The van der Waals surface area contributed by atoms with E-state index in [0.29, 0.717) is 6.54 Å². The number of carbonyl (C=O) groups is 1. The Balaban J connectivity index is 2.58. The average Bonchev–Trinajstić information content (AvgIpc) is 2.27. The first-order valence-corrected chi connectivity index (χ1v) is 5.47. The molecule has 0 aliphatic rings.